The molecule has 2 aromatic carbocycles. The predicted octanol–water partition coefficient (Wildman–Crippen LogP) is 3.15. The number of carbonyl (C=O) groups excluding carboxylic acids is 1. The molecule has 9 heteroatoms. The molecule has 0 fully saturated rings. The Balaban J connectivity index is 1.78. The standard InChI is InChI=1S/C16H13ClN2O4S2/c17-12-3-5-13(6-4-12)25(22,23)18-9-10-1-2-11-8-15(16(20)19-21)24-14(11)7-10/h1-8,18,21H,9H2,(H,19,20). The van der Waals surface area contributed by atoms with Gasteiger partial charge in [-0.05, 0) is 47.3 Å². The van der Waals surface area contributed by atoms with Crippen LogP contribution in [0.4, 0.5) is 0 Å². The Labute approximate surface area is 153 Å². The lowest BCUT2D eigenvalue weighted by Gasteiger charge is -2.07. The summed E-state index contributed by atoms with van der Waals surface area (Å²) in [7, 11) is -3.64. The summed E-state index contributed by atoms with van der Waals surface area (Å²) >= 11 is 6.98. The van der Waals surface area contributed by atoms with E-state index in [9.17, 15) is 13.2 Å². The van der Waals surface area contributed by atoms with Gasteiger partial charge in [0.2, 0.25) is 10.0 Å². The van der Waals surface area contributed by atoms with Gasteiger partial charge in [-0.25, -0.2) is 18.6 Å². The third-order valence-corrected chi connectivity index (χ3v) is 6.27. The fourth-order valence-corrected chi connectivity index (χ4v) is 4.39. The van der Waals surface area contributed by atoms with Crippen LogP contribution in [0, 0.1) is 0 Å². The van der Waals surface area contributed by atoms with Crippen LogP contribution >= 0.6 is 22.9 Å². The number of carbonyl (C=O) groups is 1. The minimum absolute atomic E-state index is 0.111. The summed E-state index contributed by atoms with van der Waals surface area (Å²) < 4.78 is 27.9. The summed E-state index contributed by atoms with van der Waals surface area (Å²) in [5.74, 6) is -0.578. The van der Waals surface area contributed by atoms with Crippen LogP contribution < -0.4 is 10.2 Å². The van der Waals surface area contributed by atoms with E-state index in [1.807, 2.05) is 0 Å². The summed E-state index contributed by atoms with van der Waals surface area (Å²) in [5, 5.41) is 9.99. The van der Waals surface area contributed by atoms with Crippen molar-refractivity contribution < 1.29 is 18.4 Å². The smallest absolute Gasteiger partial charge is 0.284 e. The summed E-state index contributed by atoms with van der Waals surface area (Å²) in [4.78, 5) is 12.0. The van der Waals surface area contributed by atoms with Gasteiger partial charge in [0.1, 0.15) is 0 Å². The zero-order valence-electron chi connectivity index (χ0n) is 12.7. The molecule has 0 saturated carbocycles. The summed E-state index contributed by atoms with van der Waals surface area (Å²) in [6.07, 6.45) is 0. The van der Waals surface area contributed by atoms with Crippen molar-refractivity contribution in [2.45, 2.75) is 11.4 Å². The highest BCUT2D eigenvalue weighted by molar-refractivity contribution is 7.89. The van der Waals surface area contributed by atoms with Gasteiger partial charge in [-0.1, -0.05) is 23.7 Å². The molecule has 0 aliphatic carbocycles. The molecule has 1 amide bonds. The summed E-state index contributed by atoms with van der Waals surface area (Å²) in [6.45, 7) is 0.111. The van der Waals surface area contributed by atoms with Crippen molar-refractivity contribution in [1.29, 1.82) is 0 Å². The van der Waals surface area contributed by atoms with E-state index >= 15 is 0 Å². The first-order valence-corrected chi connectivity index (χ1v) is 9.79. The molecule has 130 valence electrons. The van der Waals surface area contributed by atoms with Crippen LogP contribution in [-0.4, -0.2) is 19.5 Å². The zero-order chi connectivity index (χ0) is 18.0. The SMILES string of the molecule is O=C(NO)c1cc2ccc(CNS(=O)(=O)c3ccc(Cl)cc3)cc2s1. The van der Waals surface area contributed by atoms with Crippen LogP contribution in [0.2, 0.25) is 5.02 Å². The van der Waals surface area contributed by atoms with Crippen LogP contribution in [0.25, 0.3) is 10.1 Å². The predicted molar refractivity (Wildman–Crippen MR) is 96.6 cm³/mol. The van der Waals surface area contributed by atoms with Gasteiger partial charge >= 0.3 is 0 Å². The van der Waals surface area contributed by atoms with Crippen LogP contribution in [0.3, 0.4) is 0 Å². The number of hydrogen-bond acceptors (Lipinski definition) is 5. The van der Waals surface area contributed by atoms with E-state index in [0.29, 0.717) is 9.90 Å². The van der Waals surface area contributed by atoms with Gasteiger partial charge in [0.15, 0.2) is 0 Å². The molecule has 0 aliphatic rings. The zero-order valence-corrected chi connectivity index (χ0v) is 15.1. The van der Waals surface area contributed by atoms with E-state index in [1.165, 1.54) is 35.6 Å². The van der Waals surface area contributed by atoms with Gasteiger partial charge in [0.05, 0.1) is 9.77 Å². The van der Waals surface area contributed by atoms with Gasteiger partial charge in [0, 0.05) is 16.3 Å². The highest BCUT2D eigenvalue weighted by atomic mass is 35.5. The van der Waals surface area contributed by atoms with Crippen molar-refractivity contribution in [3.05, 3.63) is 64.0 Å². The summed E-state index contributed by atoms with van der Waals surface area (Å²) in [5.41, 5.74) is 2.35. The van der Waals surface area contributed by atoms with Gasteiger partial charge in [-0.3, -0.25) is 10.0 Å². The molecule has 0 saturated heterocycles. The Morgan fingerprint density at radius 1 is 1.12 bits per heavy atom. The molecule has 0 atom stereocenters. The fourth-order valence-electron chi connectivity index (χ4n) is 2.23. The minimum atomic E-state index is -3.64. The van der Waals surface area contributed by atoms with Crippen molar-refractivity contribution in [3.8, 4) is 0 Å². The molecule has 0 bridgehead atoms. The lowest BCUT2D eigenvalue weighted by Crippen LogP contribution is -2.23. The van der Waals surface area contributed by atoms with Gasteiger partial charge in [-0.15, -0.1) is 11.3 Å². The fraction of sp³-hybridized carbons (Fsp3) is 0.0625. The van der Waals surface area contributed by atoms with Crippen LogP contribution in [0.1, 0.15) is 15.2 Å². The first kappa shape index (κ1) is 17.8. The second-order valence-corrected chi connectivity index (χ2v) is 8.49. The molecule has 0 spiro atoms. The van der Waals surface area contributed by atoms with Gasteiger partial charge in [-0.2, -0.15) is 0 Å². The molecule has 3 aromatic rings. The van der Waals surface area contributed by atoms with Gasteiger partial charge < -0.3 is 0 Å². The van der Waals surface area contributed by atoms with Crippen molar-refractivity contribution in [3.63, 3.8) is 0 Å². The Kier molecular flexibility index (Phi) is 5.07. The maximum atomic E-state index is 12.3. The topological polar surface area (TPSA) is 95.5 Å². The molecule has 25 heavy (non-hydrogen) atoms. The third kappa shape index (κ3) is 4.00. The molecular formula is C16H13ClN2O4S2. The van der Waals surface area contributed by atoms with E-state index in [4.69, 9.17) is 16.8 Å². The van der Waals surface area contributed by atoms with E-state index in [2.05, 4.69) is 4.72 Å². The summed E-state index contributed by atoms with van der Waals surface area (Å²) in [6, 6.07) is 12.9. The van der Waals surface area contributed by atoms with Crippen molar-refractivity contribution in [2.24, 2.45) is 0 Å². The first-order chi connectivity index (χ1) is 11.9. The molecule has 1 aromatic heterocycles. The first-order valence-electron chi connectivity index (χ1n) is 7.11. The van der Waals surface area contributed by atoms with E-state index in [0.717, 1.165) is 15.6 Å². The van der Waals surface area contributed by atoms with E-state index in [-0.39, 0.29) is 11.4 Å². The molecule has 0 aliphatic heterocycles. The van der Waals surface area contributed by atoms with E-state index in [1.54, 1.807) is 29.7 Å². The molecule has 6 nitrogen and oxygen atoms in total. The van der Waals surface area contributed by atoms with Crippen LogP contribution in [0.5, 0.6) is 0 Å². The second-order valence-electron chi connectivity index (χ2n) is 5.20. The minimum Gasteiger partial charge on any atom is -0.288 e. The van der Waals surface area contributed by atoms with Crippen LogP contribution in [-0.2, 0) is 16.6 Å². The van der Waals surface area contributed by atoms with Crippen LogP contribution in [0.15, 0.2) is 53.4 Å². The Morgan fingerprint density at radius 3 is 2.52 bits per heavy atom. The molecular weight excluding hydrogens is 384 g/mol. The van der Waals surface area contributed by atoms with E-state index < -0.39 is 15.9 Å². The average Bonchev–Trinajstić information content (AvgIpc) is 3.03. The number of hydroxylamine groups is 1. The largest absolute Gasteiger partial charge is 0.288 e. The molecule has 3 N–H and O–H groups in total. The maximum absolute atomic E-state index is 12.3. The van der Waals surface area contributed by atoms with Crippen molar-refractivity contribution in [2.75, 3.05) is 0 Å². The monoisotopic (exact) mass is 396 g/mol. The second kappa shape index (κ2) is 7.11. The number of fused-ring (bicyclic) bond motifs is 1. The van der Waals surface area contributed by atoms with Crippen molar-refractivity contribution in [1.82, 2.24) is 10.2 Å². The third-order valence-electron chi connectivity index (χ3n) is 3.50. The number of halogens is 1. The molecule has 0 unspecified atom stereocenters. The molecule has 3 rings (SSSR count). The number of sulfonamides is 1. The number of benzene rings is 2. The number of thiophene rings is 1. The average molecular weight is 397 g/mol. The van der Waals surface area contributed by atoms with Gasteiger partial charge in [0.25, 0.3) is 5.91 Å². The maximum Gasteiger partial charge on any atom is 0.284 e. The lowest BCUT2D eigenvalue weighted by molar-refractivity contribution is 0.0711. The Morgan fingerprint density at radius 2 is 1.84 bits per heavy atom. The number of rotatable bonds is 5. The molecule has 0 radical (unpaired) electrons. The Hall–Kier alpha value is -1.97. The normalized spacial score (nSPS) is 11.6. The number of nitrogens with one attached hydrogen (secondary N) is 2. The Bertz CT molecular complexity index is 1030. The number of hydrogen-bond donors (Lipinski definition) is 3. The highest BCUT2D eigenvalue weighted by Gasteiger charge is 2.14. The lowest BCUT2D eigenvalue weighted by atomic mass is 10.2. The van der Waals surface area contributed by atoms with Crippen molar-refractivity contribution >= 4 is 49.0 Å². The highest BCUT2D eigenvalue weighted by Crippen LogP contribution is 2.26. The molecule has 1 heterocycles. The quantitative estimate of drug-likeness (QED) is 0.456. The number of amides is 1.